The third-order valence-electron chi connectivity index (χ3n) is 3.79. The summed E-state index contributed by atoms with van der Waals surface area (Å²) in [5, 5.41) is 2.48. The van der Waals surface area contributed by atoms with Crippen LogP contribution in [0.25, 0.3) is 21.2 Å². The van der Waals surface area contributed by atoms with E-state index in [0.717, 1.165) is 4.88 Å². The molecule has 1 amide bonds. The van der Waals surface area contributed by atoms with Crippen LogP contribution < -0.4 is 0 Å². The fraction of sp³-hybridized carbons (Fsp3) is 0.286. The molecule has 0 aliphatic rings. The molecule has 3 nitrogen and oxygen atoms in total. The zero-order valence-electron chi connectivity index (χ0n) is 15.1. The van der Waals surface area contributed by atoms with Gasteiger partial charge in [-0.05, 0) is 55.3 Å². The van der Waals surface area contributed by atoms with Gasteiger partial charge in [-0.1, -0.05) is 36.4 Å². The molecule has 3 aromatic rings. The van der Waals surface area contributed by atoms with Crippen molar-refractivity contribution < 1.29 is 9.53 Å². The first kappa shape index (κ1) is 17.5. The highest BCUT2D eigenvalue weighted by molar-refractivity contribution is 7.15. The van der Waals surface area contributed by atoms with E-state index in [0.29, 0.717) is 6.54 Å². The first-order chi connectivity index (χ1) is 11.8. The largest absolute Gasteiger partial charge is 0.444 e. The van der Waals surface area contributed by atoms with Gasteiger partial charge in [0.2, 0.25) is 0 Å². The number of thiophene rings is 1. The Kier molecular flexibility index (Phi) is 4.82. The Hall–Kier alpha value is -2.33. The van der Waals surface area contributed by atoms with Crippen LogP contribution in [-0.4, -0.2) is 23.6 Å². The summed E-state index contributed by atoms with van der Waals surface area (Å²) in [4.78, 5) is 16.0. The number of hydrogen-bond acceptors (Lipinski definition) is 3. The minimum absolute atomic E-state index is 0.298. The normalized spacial score (nSPS) is 11.5. The highest BCUT2D eigenvalue weighted by Gasteiger charge is 2.20. The fourth-order valence-corrected chi connectivity index (χ4v) is 3.66. The second kappa shape index (κ2) is 6.89. The van der Waals surface area contributed by atoms with Gasteiger partial charge in [-0.3, -0.25) is 0 Å². The van der Waals surface area contributed by atoms with Gasteiger partial charge in [0.15, 0.2) is 0 Å². The van der Waals surface area contributed by atoms with Gasteiger partial charge >= 0.3 is 6.09 Å². The predicted octanol–water partition coefficient (Wildman–Crippen LogP) is 5.94. The van der Waals surface area contributed by atoms with Crippen molar-refractivity contribution in [3.05, 3.63) is 59.5 Å². The molecule has 25 heavy (non-hydrogen) atoms. The molecule has 1 heterocycles. The number of rotatable bonds is 3. The number of benzene rings is 2. The van der Waals surface area contributed by atoms with Crippen LogP contribution in [-0.2, 0) is 11.3 Å². The van der Waals surface area contributed by atoms with Crippen LogP contribution in [0, 0.1) is 0 Å². The monoisotopic (exact) mass is 353 g/mol. The average Bonchev–Trinajstić information content (AvgIpc) is 3.01. The van der Waals surface area contributed by atoms with Crippen LogP contribution in [0.15, 0.2) is 54.6 Å². The van der Waals surface area contributed by atoms with E-state index >= 15 is 0 Å². The van der Waals surface area contributed by atoms with Crippen molar-refractivity contribution in [2.75, 3.05) is 7.05 Å². The van der Waals surface area contributed by atoms with Crippen LogP contribution in [0.4, 0.5) is 4.79 Å². The lowest BCUT2D eigenvalue weighted by atomic mass is 10.1. The van der Waals surface area contributed by atoms with E-state index in [1.807, 2.05) is 20.8 Å². The van der Waals surface area contributed by atoms with Gasteiger partial charge in [-0.2, -0.15) is 0 Å². The summed E-state index contributed by atoms with van der Waals surface area (Å²) in [7, 11) is 1.77. The standard InChI is InChI=1S/C21H23NO2S/c1-21(2,3)24-20(23)22(4)14-18-11-12-19(25-18)17-10-9-15-7-5-6-8-16(15)13-17/h5-13H,14H2,1-4H3. The van der Waals surface area contributed by atoms with E-state index in [2.05, 4.69) is 54.6 Å². The van der Waals surface area contributed by atoms with Gasteiger partial charge in [0.25, 0.3) is 0 Å². The van der Waals surface area contributed by atoms with Crippen LogP contribution in [0.3, 0.4) is 0 Å². The number of carbonyl (C=O) groups is 1. The SMILES string of the molecule is CN(Cc1ccc(-c2ccc3ccccc3c2)s1)C(=O)OC(C)(C)C. The average molecular weight is 353 g/mol. The summed E-state index contributed by atoms with van der Waals surface area (Å²) >= 11 is 1.71. The molecule has 0 aliphatic carbocycles. The van der Waals surface area contributed by atoms with Crippen molar-refractivity contribution in [3.8, 4) is 10.4 Å². The zero-order chi connectivity index (χ0) is 18.0. The molecule has 0 saturated carbocycles. The van der Waals surface area contributed by atoms with E-state index < -0.39 is 5.60 Å². The molecule has 4 heteroatoms. The second-order valence-electron chi connectivity index (χ2n) is 7.16. The minimum atomic E-state index is -0.475. The third-order valence-corrected chi connectivity index (χ3v) is 4.91. The van der Waals surface area contributed by atoms with Crippen molar-refractivity contribution >= 4 is 28.2 Å². The fourth-order valence-electron chi connectivity index (χ4n) is 2.60. The smallest absolute Gasteiger partial charge is 0.410 e. The number of fused-ring (bicyclic) bond motifs is 1. The summed E-state index contributed by atoms with van der Waals surface area (Å²) in [5.41, 5.74) is 0.728. The Bertz CT molecular complexity index is 892. The van der Waals surface area contributed by atoms with Crippen molar-refractivity contribution in [2.45, 2.75) is 32.9 Å². The Morgan fingerprint density at radius 1 is 1.04 bits per heavy atom. The highest BCUT2D eigenvalue weighted by atomic mass is 32.1. The molecular weight excluding hydrogens is 330 g/mol. The molecule has 0 saturated heterocycles. The van der Waals surface area contributed by atoms with Crippen LogP contribution in [0.2, 0.25) is 0 Å². The molecule has 3 rings (SSSR count). The lowest BCUT2D eigenvalue weighted by Gasteiger charge is -2.24. The molecule has 0 fully saturated rings. The second-order valence-corrected chi connectivity index (χ2v) is 8.33. The summed E-state index contributed by atoms with van der Waals surface area (Å²) in [6.07, 6.45) is -0.298. The maximum Gasteiger partial charge on any atom is 0.410 e. The number of carbonyl (C=O) groups excluding carboxylic acids is 1. The molecule has 130 valence electrons. The number of hydrogen-bond donors (Lipinski definition) is 0. The van der Waals surface area contributed by atoms with Gasteiger partial charge in [-0.25, -0.2) is 4.79 Å². The van der Waals surface area contributed by atoms with Gasteiger partial charge in [-0.15, -0.1) is 11.3 Å². The summed E-state index contributed by atoms with van der Waals surface area (Å²) in [5.74, 6) is 0. The van der Waals surface area contributed by atoms with E-state index in [1.54, 1.807) is 23.3 Å². The first-order valence-electron chi connectivity index (χ1n) is 8.34. The number of amides is 1. The molecule has 0 atom stereocenters. The third kappa shape index (κ3) is 4.40. The predicted molar refractivity (Wildman–Crippen MR) is 105 cm³/mol. The van der Waals surface area contributed by atoms with Crippen LogP contribution in [0.5, 0.6) is 0 Å². The molecule has 2 aromatic carbocycles. The molecule has 1 aromatic heterocycles. The van der Waals surface area contributed by atoms with Gasteiger partial charge in [0.1, 0.15) is 5.60 Å². The molecule has 0 radical (unpaired) electrons. The number of ether oxygens (including phenoxy) is 1. The Morgan fingerprint density at radius 3 is 2.48 bits per heavy atom. The molecule has 0 aliphatic heterocycles. The van der Waals surface area contributed by atoms with Crippen molar-refractivity contribution in [2.24, 2.45) is 0 Å². The first-order valence-corrected chi connectivity index (χ1v) is 9.15. The molecule has 0 bridgehead atoms. The molecule has 0 spiro atoms. The summed E-state index contributed by atoms with van der Waals surface area (Å²) < 4.78 is 5.40. The summed E-state index contributed by atoms with van der Waals surface area (Å²) in [6.45, 7) is 6.18. The van der Waals surface area contributed by atoms with E-state index in [-0.39, 0.29) is 6.09 Å². The van der Waals surface area contributed by atoms with Gasteiger partial charge in [0, 0.05) is 16.8 Å². The molecular formula is C21H23NO2S. The van der Waals surface area contributed by atoms with Gasteiger partial charge in [0.05, 0.1) is 6.54 Å². The highest BCUT2D eigenvalue weighted by Crippen LogP contribution is 2.31. The van der Waals surface area contributed by atoms with Gasteiger partial charge < -0.3 is 9.64 Å². The van der Waals surface area contributed by atoms with E-state index in [4.69, 9.17) is 4.74 Å². The zero-order valence-corrected chi connectivity index (χ0v) is 15.9. The Balaban J connectivity index is 1.74. The van der Waals surface area contributed by atoms with Crippen molar-refractivity contribution in [1.82, 2.24) is 4.90 Å². The quantitative estimate of drug-likeness (QED) is 0.583. The van der Waals surface area contributed by atoms with Crippen LogP contribution in [0.1, 0.15) is 25.6 Å². The number of nitrogens with zero attached hydrogens (tertiary/aromatic N) is 1. The Morgan fingerprint density at radius 2 is 1.76 bits per heavy atom. The molecule has 0 N–H and O–H groups in total. The lowest BCUT2D eigenvalue weighted by Crippen LogP contribution is -2.33. The molecule has 0 unspecified atom stereocenters. The summed E-state index contributed by atoms with van der Waals surface area (Å²) in [6, 6.07) is 19.1. The lowest BCUT2D eigenvalue weighted by molar-refractivity contribution is 0.0287. The van der Waals surface area contributed by atoms with E-state index in [1.165, 1.54) is 21.2 Å². The van der Waals surface area contributed by atoms with Crippen molar-refractivity contribution in [3.63, 3.8) is 0 Å². The Labute approximate surface area is 152 Å². The maximum absolute atomic E-state index is 12.1. The maximum atomic E-state index is 12.1. The topological polar surface area (TPSA) is 29.5 Å². The van der Waals surface area contributed by atoms with E-state index in [9.17, 15) is 4.79 Å². The van der Waals surface area contributed by atoms with Crippen molar-refractivity contribution in [1.29, 1.82) is 0 Å². The van der Waals surface area contributed by atoms with Crippen LogP contribution >= 0.6 is 11.3 Å². The minimum Gasteiger partial charge on any atom is -0.444 e.